The van der Waals surface area contributed by atoms with Crippen molar-refractivity contribution in [1.82, 2.24) is 15.1 Å². The van der Waals surface area contributed by atoms with Crippen molar-refractivity contribution >= 4 is 11.9 Å². The van der Waals surface area contributed by atoms with Crippen LogP contribution in [0.25, 0.3) is 0 Å². The summed E-state index contributed by atoms with van der Waals surface area (Å²) >= 11 is 0. The van der Waals surface area contributed by atoms with Gasteiger partial charge in [-0.25, -0.2) is 4.79 Å². The van der Waals surface area contributed by atoms with Crippen molar-refractivity contribution < 1.29 is 14.7 Å². The minimum absolute atomic E-state index is 0.0437. The van der Waals surface area contributed by atoms with Gasteiger partial charge >= 0.3 is 6.03 Å². The summed E-state index contributed by atoms with van der Waals surface area (Å²) in [5.41, 5.74) is 0.897. The zero-order valence-corrected chi connectivity index (χ0v) is 13.7. The first kappa shape index (κ1) is 17.3. The Morgan fingerprint density at radius 3 is 2.65 bits per heavy atom. The first-order chi connectivity index (χ1) is 11.0. The van der Waals surface area contributed by atoms with Crippen molar-refractivity contribution in [3.05, 3.63) is 35.9 Å². The second-order valence-corrected chi connectivity index (χ2v) is 6.15. The highest BCUT2D eigenvalue weighted by molar-refractivity contribution is 5.79. The van der Waals surface area contributed by atoms with Gasteiger partial charge in [0, 0.05) is 27.2 Å². The average molecular weight is 319 g/mol. The molecule has 1 aromatic rings. The normalized spacial score (nSPS) is 19.1. The number of benzene rings is 1. The Labute approximate surface area is 137 Å². The van der Waals surface area contributed by atoms with Crippen molar-refractivity contribution in [2.75, 3.05) is 27.2 Å². The molecule has 0 spiro atoms. The van der Waals surface area contributed by atoms with E-state index in [1.165, 1.54) is 4.90 Å². The first-order valence-corrected chi connectivity index (χ1v) is 7.96. The number of nitrogens with one attached hydrogen (secondary N) is 1. The number of carbonyl (C=O) groups excluding carboxylic acids is 2. The van der Waals surface area contributed by atoms with Crippen LogP contribution in [0, 0.1) is 0 Å². The molecule has 0 aliphatic carbocycles. The summed E-state index contributed by atoms with van der Waals surface area (Å²) in [6, 6.07) is 8.87. The second kappa shape index (κ2) is 7.97. The zero-order chi connectivity index (χ0) is 16.8. The molecule has 1 aliphatic heterocycles. The number of hydrogen-bond donors (Lipinski definition) is 2. The number of amides is 3. The second-order valence-electron chi connectivity index (χ2n) is 6.15. The van der Waals surface area contributed by atoms with E-state index in [2.05, 4.69) is 5.32 Å². The highest BCUT2D eigenvalue weighted by Gasteiger charge is 2.25. The number of nitrogens with zero attached hydrogens (tertiary/aromatic N) is 2. The molecule has 1 saturated heterocycles. The molecule has 1 heterocycles. The van der Waals surface area contributed by atoms with E-state index in [-0.39, 0.29) is 24.4 Å². The van der Waals surface area contributed by atoms with Gasteiger partial charge in [-0.1, -0.05) is 30.3 Å². The van der Waals surface area contributed by atoms with Crippen LogP contribution in [0.4, 0.5) is 4.79 Å². The first-order valence-electron chi connectivity index (χ1n) is 7.96. The third-order valence-corrected chi connectivity index (χ3v) is 4.06. The maximum absolute atomic E-state index is 12.5. The van der Waals surface area contributed by atoms with E-state index < -0.39 is 6.10 Å². The van der Waals surface area contributed by atoms with Crippen molar-refractivity contribution in [3.8, 4) is 0 Å². The van der Waals surface area contributed by atoms with E-state index in [0.717, 1.165) is 18.4 Å². The molecule has 2 rings (SSSR count). The Balaban J connectivity index is 2.07. The fourth-order valence-corrected chi connectivity index (χ4v) is 2.67. The monoisotopic (exact) mass is 319 g/mol. The number of hydrogen-bond acceptors (Lipinski definition) is 3. The summed E-state index contributed by atoms with van der Waals surface area (Å²) in [7, 11) is 3.40. The van der Waals surface area contributed by atoms with E-state index in [1.807, 2.05) is 30.3 Å². The maximum atomic E-state index is 12.5. The Kier molecular flexibility index (Phi) is 5.98. The van der Waals surface area contributed by atoms with Crippen LogP contribution in [0.1, 0.15) is 30.9 Å². The molecule has 0 radical (unpaired) electrons. The van der Waals surface area contributed by atoms with E-state index in [0.29, 0.717) is 13.1 Å². The molecular weight excluding hydrogens is 294 g/mol. The lowest BCUT2D eigenvalue weighted by Gasteiger charge is -2.32. The molecule has 3 amide bonds. The van der Waals surface area contributed by atoms with Gasteiger partial charge in [0.15, 0.2) is 0 Å². The van der Waals surface area contributed by atoms with Gasteiger partial charge in [0.05, 0.1) is 18.6 Å². The molecule has 0 saturated carbocycles. The lowest BCUT2D eigenvalue weighted by Crippen LogP contribution is -2.48. The summed E-state index contributed by atoms with van der Waals surface area (Å²) < 4.78 is 0. The van der Waals surface area contributed by atoms with Gasteiger partial charge in [-0.15, -0.1) is 0 Å². The highest BCUT2D eigenvalue weighted by atomic mass is 16.3. The number of likely N-dealkylation sites (tertiary alicyclic amines) is 1. The van der Waals surface area contributed by atoms with Gasteiger partial charge in [0.2, 0.25) is 5.91 Å². The number of urea groups is 1. The van der Waals surface area contributed by atoms with Crippen LogP contribution < -0.4 is 5.32 Å². The molecule has 0 aromatic heterocycles. The Morgan fingerprint density at radius 1 is 1.35 bits per heavy atom. The van der Waals surface area contributed by atoms with Crippen molar-refractivity contribution in [3.63, 3.8) is 0 Å². The minimum Gasteiger partial charge on any atom is -0.391 e. The largest absolute Gasteiger partial charge is 0.391 e. The minimum atomic E-state index is -0.465. The predicted molar refractivity (Wildman–Crippen MR) is 87.8 cm³/mol. The van der Waals surface area contributed by atoms with Crippen LogP contribution in [0.15, 0.2) is 30.3 Å². The van der Waals surface area contributed by atoms with Crippen LogP contribution in [-0.4, -0.2) is 60.1 Å². The lowest BCUT2D eigenvalue weighted by molar-refractivity contribution is -0.129. The number of aliphatic hydroxyl groups is 1. The number of aliphatic hydroxyl groups excluding tert-OH is 1. The number of carbonyl (C=O) groups is 2. The molecule has 0 bridgehead atoms. The molecule has 1 fully saturated rings. The van der Waals surface area contributed by atoms with Crippen LogP contribution in [0.5, 0.6) is 0 Å². The van der Waals surface area contributed by atoms with Gasteiger partial charge in [-0.05, 0) is 18.4 Å². The van der Waals surface area contributed by atoms with Gasteiger partial charge in [0.25, 0.3) is 0 Å². The molecule has 1 aliphatic rings. The summed E-state index contributed by atoms with van der Waals surface area (Å²) in [5.74, 6) is -0.0437. The number of rotatable bonds is 4. The molecule has 2 atom stereocenters. The Morgan fingerprint density at radius 2 is 2.04 bits per heavy atom. The molecule has 6 nitrogen and oxygen atoms in total. The van der Waals surface area contributed by atoms with E-state index in [4.69, 9.17) is 0 Å². The standard InChI is InChI=1S/C17H25N3O3/c1-19(2)16(22)11-15(13-7-4-3-5-8-13)18-17(23)20-10-6-9-14(21)12-20/h3-5,7-8,14-15,21H,6,9-12H2,1-2H3,(H,18,23)/t14-,15-/m0/s1. The molecule has 6 heteroatoms. The van der Waals surface area contributed by atoms with Gasteiger partial charge < -0.3 is 20.2 Å². The molecule has 2 N–H and O–H groups in total. The molecule has 1 aromatic carbocycles. The smallest absolute Gasteiger partial charge is 0.317 e. The summed E-state index contributed by atoms with van der Waals surface area (Å²) in [4.78, 5) is 27.7. The predicted octanol–water partition coefficient (Wildman–Crippen LogP) is 1.37. The molecule has 23 heavy (non-hydrogen) atoms. The van der Waals surface area contributed by atoms with Crippen LogP contribution in [0.3, 0.4) is 0 Å². The highest BCUT2D eigenvalue weighted by Crippen LogP contribution is 2.19. The SMILES string of the molecule is CN(C)C(=O)C[C@H](NC(=O)N1CCC[C@H](O)C1)c1ccccc1. The summed E-state index contributed by atoms with van der Waals surface area (Å²) in [5, 5.41) is 12.7. The average Bonchev–Trinajstić information content (AvgIpc) is 2.54. The number of piperidine rings is 1. The Bertz CT molecular complexity index is 533. The quantitative estimate of drug-likeness (QED) is 0.880. The van der Waals surface area contributed by atoms with Crippen molar-refractivity contribution in [1.29, 1.82) is 0 Å². The van der Waals surface area contributed by atoms with Crippen molar-refractivity contribution in [2.24, 2.45) is 0 Å². The van der Waals surface area contributed by atoms with Gasteiger partial charge in [-0.2, -0.15) is 0 Å². The fraction of sp³-hybridized carbons (Fsp3) is 0.529. The fourth-order valence-electron chi connectivity index (χ4n) is 2.67. The van der Waals surface area contributed by atoms with Crippen LogP contribution in [-0.2, 0) is 4.79 Å². The summed E-state index contributed by atoms with van der Waals surface area (Å²) in [6.07, 6.45) is 1.26. The van der Waals surface area contributed by atoms with Crippen LogP contribution in [0.2, 0.25) is 0 Å². The molecular formula is C17H25N3O3. The lowest BCUT2D eigenvalue weighted by atomic mass is 10.0. The van der Waals surface area contributed by atoms with Gasteiger partial charge in [0.1, 0.15) is 0 Å². The summed E-state index contributed by atoms with van der Waals surface area (Å²) in [6.45, 7) is 0.973. The third kappa shape index (κ3) is 4.96. The van der Waals surface area contributed by atoms with Crippen molar-refractivity contribution in [2.45, 2.75) is 31.4 Å². The zero-order valence-electron chi connectivity index (χ0n) is 13.7. The van der Waals surface area contributed by atoms with Crippen LogP contribution >= 0.6 is 0 Å². The van der Waals surface area contributed by atoms with E-state index >= 15 is 0 Å². The van der Waals surface area contributed by atoms with E-state index in [9.17, 15) is 14.7 Å². The number of β-amino-alcohol motifs (C(OH)–C–C–N with tert-alkyl or cyclic N) is 1. The molecule has 126 valence electrons. The van der Waals surface area contributed by atoms with Gasteiger partial charge in [-0.3, -0.25) is 4.79 Å². The maximum Gasteiger partial charge on any atom is 0.317 e. The Hall–Kier alpha value is -2.08. The topological polar surface area (TPSA) is 72.9 Å². The molecule has 0 unspecified atom stereocenters. The third-order valence-electron chi connectivity index (χ3n) is 4.06. The van der Waals surface area contributed by atoms with E-state index in [1.54, 1.807) is 19.0 Å².